The third-order valence-corrected chi connectivity index (χ3v) is 3.08. The lowest BCUT2D eigenvalue weighted by Crippen LogP contribution is -2.15. The normalized spacial score (nSPS) is 34.7. The molecule has 0 amide bonds. The minimum Gasteiger partial charge on any atom is -0.392 e. The molecule has 3 heterocycles. The molecule has 88 valence electrons. The molecule has 6 heteroatoms. The lowest BCUT2D eigenvalue weighted by molar-refractivity contribution is 0.103. The summed E-state index contributed by atoms with van der Waals surface area (Å²) >= 11 is 0. The number of nitrogens with one attached hydrogen (secondary N) is 1. The number of aliphatic hydroxyl groups excluding tert-OH is 1. The van der Waals surface area contributed by atoms with Crippen molar-refractivity contribution in [2.24, 2.45) is 0 Å². The Bertz CT molecular complexity index is 362. The zero-order chi connectivity index (χ0) is 11.0. The molecule has 1 aromatic rings. The van der Waals surface area contributed by atoms with Crippen LogP contribution in [-0.4, -0.2) is 34.5 Å². The van der Waals surface area contributed by atoms with Gasteiger partial charge in [-0.3, -0.25) is 0 Å². The van der Waals surface area contributed by atoms with Crippen LogP contribution in [-0.2, 0) is 4.74 Å². The van der Waals surface area contributed by atoms with E-state index in [4.69, 9.17) is 9.26 Å². The summed E-state index contributed by atoms with van der Waals surface area (Å²) in [4.78, 5) is 4.33. The average Bonchev–Trinajstić information content (AvgIpc) is 2.97. The Hall–Kier alpha value is -0.980. The predicted molar refractivity (Wildman–Crippen MR) is 53.6 cm³/mol. The van der Waals surface area contributed by atoms with Gasteiger partial charge in [0.05, 0.1) is 12.1 Å². The molecule has 2 saturated heterocycles. The van der Waals surface area contributed by atoms with Gasteiger partial charge in [0.2, 0.25) is 11.7 Å². The van der Waals surface area contributed by atoms with Crippen LogP contribution in [0.3, 0.4) is 0 Å². The molecular weight excluding hydrogens is 210 g/mol. The Labute approximate surface area is 93.0 Å². The van der Waals surface area contributed by atoms with Gasteiger partial charge < -0.3 is 19.7 Å². The number of β-amino-alcohol motifs (C(OH)–C–C–N with tert-alkyl or cyclic N) is 1. The minimum atomic E-state index is -0.317. The van der Waals surface area contributed by atoms with Crippen molar-refractivity contribution in [3.63, 3.8) is 0 Å². The third kappa shape index (κ3) is 1.83. The fourth-order valence-electron chi connectivity index (χ4n) is 2.21. The van der Waals surface area contributed by atoms with Crippen LogP contribution in [0.5, 0.6) is 0 Å². The maximum atomic E-state index is 9.40. The second-order valence-corrected chi connectivity index (χ2v) is 4.34. The SMILES string of the molecule is O[C@H]1CN[C@H](c2nc(C3CCCO3)no2)C1. The first-order chi connectivity index (χ1) is 7.83. The first kappa shape index (κ1) is 10.2. The Kier molecular flexibility index (Phi) is 2.62. The number of hydrogen-bond acceptors (Lipinski definition) is 6. The van der Waals surface area contributed by atoms with Crippen LogP contribution in [0.4, 0.5) is 0 Å². The van der Waals surface area contributed by atoms with E-state index in [0.29, 0.717) is 24.7 Å². The van der Waals surface area contributed by atoms with Gasteiger partial charge in [0.1, 0.15) is 6.10 Å². The van der Waals surface area contributed by atoms with Crippen molar-refractivity contribution in [1.82, 2.24) is 15.5 Å². The molecule has 0 aromatic carbocycles. The summed E-state index contributed by atoms with van der Waals surface area (Å²) in [6, 6.07) is -0.0161. The number of aliphatic hydroxyl groups is 1. The number of rotatable bonds is 2. The Morgan fingerprint density at radius 1 is 1.44 bits per heavy atom. The van der Waals surface area contributed by atoms with Crippen molar-refractivity contribution < 1.29 is 14.4 Å². The van der Waals surface area contributed by atoms with E-state index >= 15 is 0 Å². The highest BCUT2D eigenvalue weighted by molar-refractivity contribution is 5.00. The molecule has 6 nitrogen and oxygen atoms in total. The van der Waals surface area contributed by atoms with Crippen LogP contribution in [0.1, 0.15) is 43.1 Å². The molecule has 3 atom stereocenters. The van der Waals surface area contributed by atoms with Crippen molar-refractivity contribution in [3.8, 4) is 0 Å². The summed E-state index contributed by atoms with van der Waals surface area (Å²) in [7, 11) is 0. The van der Waals surface area contributed by atoms with Gasteiger partial charge in [0.15, 0.2) is 0 Å². The maximum Gasteiger partial charge on any atom is 0.243 e. The van der Waals surface area contributed by atoms with Crippen molar-refractivity contribution in [3.05, 3.63) is 11.7 Å². The van der Waals surface area contributed by atoms with E-state index in [1.54, 1.807) is 0 Å². The zero-order valence-corrected chi connectivity index (χ0v) is 8.93. The fraction of sp³-hybridized carbons (Fsp3) is 0.800. The smallest absolute Gasteiger partial charge is 0.243 e. The fourth-order valence-corrected chi connectivity index (χ4v) is 2.21. The first-order valence-electron chi connectivity index (χ1n) is 5.69. The Balaban J connectivity index is 1.72. The average molecular weight is 225 g/mol. The molecule has 0 saturated carbocycles. The van der Waals surface area contributed by atoms with E-state index in [0.717, 1.165) is 19.4 Å². The van der Waals surface area contributed by atoms with Crippen LogP contribution >= 0.6 is 0 Å². The molecule has 2 fully saturated rings. The van der Waals surface area contributed by atoms with Crippen LogP contribution in [0.2, 0.25) is 0 Å². The van der Waals surface area contributed by atoms with Gasteiger partial charge in [-0.15, -0.1) is 0 Å². The Morgan fingerprint density at radius 2 is 2.38 bits per heavy atom. The lowest BCUT2D eigenvalue weighted by Gasteiger charge is -2.03. The van der Waals surface area contributed by atoms with Crippen LogP contribution in [0.15, 0.2) is 4.52 Å². The number of hydrogen-bond donors (Lipinski definition) is 2. The van der Waals surface area contributed by atoms with Crippen molar-refractivity contribution in [1.29, 1.82) is 0 Å². The largest absolute Gasteiger partial charge is 0.392 e. The molecule has 2 aliphatic rings. The lowest BCUT2D eigenvalue weighted by atomic mass is 10.2. The highest BCUT2D eigenvalue weighted by Crippen LogP contribution is 2.28. The standard InChI is InChI=1S/C10H15N3O3/c14-6-4-7(11-5-6)10-12-9(13-16-10)8-2-1-3-15-8/h6-8,11,14H,1-5H2/t6-,7+,8?/m1/s1. The summed E-state index contributed by atoms with van der Waals surface area (Å²) in [5, 5.41) is 16.5. The number of nitrogens with zero attached hydrogens (tertiary/aromatic N) is 2. The molecular formula is C10H15N3O3. The van der Waals surface area contributed by atoms with Gasteiger partial charge in [0, 0.05) is 13.2 Å². The molecule has 0 aliphatic carbocycles. The van der Waals surface area contributed by atoms with E-state index in [1.165, 1.54) is 0 Å². The van der Waals surface area contributed by atoms with Crippen molar-refractivity contribution in [2.75, 3.05) is 13.2 Å². The van der Waals surface area contributed by atoms with Crippen LogP contribution in [0.25, 0.3) is 0 Å². The van der Waals surface area contributed by atoms with E-state index in [1.807, 2.05) is 0 Å². The first-order valence-corrected chi connectivity index (χ1v) is 5.69. The van der Waals surface area contributed by atoms with E-state index in [9.17, 15) is 5.11 Å². The van der Waals surface area contributed by atoms with Gasteiger partial charge >= 0.3 is 0 Å². The zero-order valence-electron chi connectivity index (χ0n) is 8.93. The summed E-state index contributed by atoms with van der Waals surface area (Å²) < 4.78 is 10.7. The van der Waals surface area contributed by atoms with Gasteiger partial charge in [-0.1, -0.05) is 5.16 Å². The second-order valence-electron chi connectivity index (χ2n) is 4.34. The van der Waals surface area contributed by atoms with Gasteiger partial charge in [0.25, 0.3) is 0 Å². The van der Waals surface area contributed by atoms with Crippen molar-refractivity contribution >= 4 is 0 Å². The van der Waals surface area contributed by atoms with Gasteiger partial charge in [-0.25, -0.2) is 0 Å². The van der Waals surface area contributed by atoms with E-state index in [-0.39, 0.29) is 18.2 Å². The van der Waals surface area contributed by atoms with Crippen LogP contribution < -0.4 is 5.32 Å². The predicted octanol–water partition coefficient (Wildman–Crippen LogP) is 0.316. The highest BCUT2D eigenvalue weighted by atomic mass is 16.5. The van der Waals surface area contributed by atoms with Gasteiger partial charge in [-0.05, 0) is 19.3 Å². The minimum absolute atomic E-state index is 0.0103. The molecule has 16 heavy (non-hydrogen) atoms. The third-order valence-electron chi connectivity index (χ3n) is 3.08. The molecule has 0 radical (unpaired) electrons. The topological polar surface area (TPSA) is 80.4 Å². The quantitative estimate of drug-likeness (QED) is 0.754. The Morgan fingerprint density at radius 3 is 3.06 bits per heavy atom. The molecule has 0 spiro atoms. The highest BCUT2D eigenvalue weighted by Gasteiger charge is 2.30. The second kappa shape index (κ2) is 4.12. The molecule has 1 unspecified atom stereocenters. The molecule has 2 N–H and O–H groups in total. The summed E-state index contributed by atoms with van der Waals surface area (Å²) in [6.45, 7) is 1.36. The van der Waals surface area contributed by atoms with Crippen LogP contribution in [0, 0.1) is 0 Å². The number of ether oxygens (including phenoxy) is 1. The monoisotopic (exact) mass is 225 g/mol. The summed E-state index contributed by atoms with van der Waals surface area (Å²) in [6.07, 6.45) is 2.31. The summed E-state index contributed by atoms with van der Waals surface area (Å²) in [5.74, 6) is 1.19. The molecule has 1 aromatic heterocycles. The van der Waals surface area contributed by atoms with E-state index < -0.39 is 0 Å². The van der Waals surface area contributed by atoms with E-state index in [2.05, 4.69) is 15.5 Å². The molecule has 3 rings (SSSR count). The molecule has 2 aliphatic heterocycles. The molecule has 0 bridgehead atoms. The van der Waals surface area contributed by atoms with Gasteiger partial charge in [-0.2, -0.15) is 4.98 Å². The summed E-state index contributed by atoms with van der Waals surface area (Å²) in [5.41, 5.74) is 0. The maximum absolute atomic E-state index is 9.40. The van der Waals surface area contributed by atoms with Crippen molar-refractivity contribution in [2.45, 2.75) is 37.5 Å². The number of aromatic nitrogens is 2.